The fraction of sp³-hybridized carbons (Fsp3) is 0.375. The fourth-order valence-corrected chi connectivity index (χ4v) is 3.71. The smallest absolute Gasteiger partial charge is 0.324 e. The second-order valence-electron chi connectivity index (χ2n) is 5.43. The van der Waals surface area contributed by atoms with Crippen molar-refractivity contribution < 1.29 is 14.3 Å². The molecule has 0 aliphatic carbocycles. The average Bonchev–Trinajstić information content (AvgIpc) is 3.05. The third-order valence-electron chi connectivity index (χ3n) is 3.72. The number of halogens is 1. The lowest BCUT2D eigenvalue weighted by Crippen LogP contribution is -2.44. The molecule has 1 fully saturated rings. The highest BCUT2D eigenvalue weighted by Gasteiger charge is 2.30. The number of morpholine rings is 1. The molecule has 2 heterocycles. The maximum absolute atomic E-state index is 12.4. The number of urea groups is 1. The number of amides is 3. The Bertz CT molecular complexity index is 644. The van der Waals surface area contributed by atoms with E-state index in [9.17, 15) is 9.59 Å². The molecule has 24 heavy (non-hydrogen) atoms. The van der Waals surface area contributed by atoms with Crippen molar-refractivity contribution >= 4 is 41.0 Å². The molecule has 3 rings (SSSR count). The SMILES string of the molecule is O=C(NC1=CCC(C(=O)N2CCOCC2)S1)Nc1ccc(Cl)cc1. The summed E-state index contributed by atoms with van der Waals surface area (Å²) in [5.41, 5.74) is 0.654. The van der Waals surface area contributed by atoms with Crippen molar-refractivity contribution in [3.8, 4) is 0 Å². The number of rotatable bonds is 3. The molecule has 0 saturated carbocycles. The van der Waals surface area contributed by atoms with Crippen LogP contribution >= 0.6 is 23.4 Å². The summed E-state index contributed by atoms with van der Waals surface area (Å²) < 4.78 is 5.26. The Morgan fingerprint density at radius 2 is 1.88 bits per heavy atom. The highest BCUT2D eigenvalue weighted by Crippen LogP contribution is 2.32. The molecule has 0 spiro atoms. The topological polar surface area (TPSA) is 70.7 Å². The molecule has 0 bridgehead atoms. The van der Waals surface area contributed by atoms with Gasteiger partial charge in [-0.2, -0.15) is 0 Å². The quantitative estimate of drug-likeness (QED) is 0.861. The summed E-state index contributed by atoms with van der Waals surface area (Å²) in [6.07, 6.45) is 2.51. The molecule has 8 heteroatoms. The van der Waals surface area contributed by atoms with Gasteiger partial charge in [-0.25, -0.2) is 4.79 Å². The lowest BCUT2D eigenvalue weighted by atomic mass is 10.2. The van der Waals surface area contributed by atoms with Crippen molar-refractivity contribution in [1.29, 1.82) is 0 Å². The van der Waals surface area contributed by atoms with Crippen LogP contribution < -0.4 is 10.6 Å². The van der Waals surface area contributed by atoms with E-state index < -0.39 is 0 Å². The average molecular weight is 368 g/mol. The van der Waals surface area contributed by atoms with Crippen LogP contribution in [0.1, 0.15) is 6.42 Å². The molecule has 3 amide bonds. The maximum atomic E-state index is 12.4. The van der Waals surface area contributed by atoms with Gasteiger partial charge in [-0.05, 0) is 30.7 Å². The molecule has 6 nitrogen and oxygen atoms in total. The van der Waals surface area contributed by atoms with Crippen molar-refractivity contribution in [3.05, 3.63) is 40.4 Å². The Kier molecular flexibility index (Phi) is 5.65. The van der Waals surface area contributed by atoms with Crippen LogP contribution in [0, 0.1) is 0 Å². The standard InChI is InChI=1S/C16H18ClN3O3S/c17-11-1-3-12(4-2-11)18-16(22)19-14-6-5-13(24-14)15(21)20-7-9-23-10-8-20/h1-4,6,13H,5,7-10H2,(H2,18,19,22). The number of thioether (sulfide) groups is 1. The minimum absolute atomic E-state index is 0.106. The molecular weight excluding hydrogens is 350 g/mol. The molecule has 2 aliphatic rings. The predicted octanol–water partition coefficient (Wildman–Crippen LogP) is 2.67. The van der Waals surface area contributed by atoms with Crippen LogP contribution in [-0.2, 0) is 9.53 Å². The Balaban J connectivity index is 1.47. The summed E-state index contributed by atoms with van der Waals surface area (Å²) in [7, 11) is 0. The first-order chi connectivity index (χ1) is 11.6. The number of carbonyl (C=O) groups is 2. The van der Waals surface area contributed by atoms with Gasteiger partial charge < -0.3 is 20.3 Å². The normalized spacial score (nSPS) is 20.5. The van der Waals surface area contributed by atoms with Gasteiger partial charge in [0.05, 0.1) is 23.5 Å². The van der Waals surface area contributed by atoms with Crippen LogP contribution in [0.3, 0.4) is 0 Å². The number of anilines is 1. The zero-order valence-electron chi connectivity index (χ0n) is 13.0. The molecule has 2 N–H and O–H groups in total. The number of benzene rings is 1. The highest BCUT2D eigenvalue weighted by molar-refractivity contribution is 8.04. The Labute approximate surface area is 149 Å². The first-order valence-corrected chi connectivity index (χ1v) is 8.94. The van der Waals surface area contributed by atoms with Gasteiger partial charge in [-0.3, -0.25) is 4.79 Å². The van der Waals surface area contributed by atoms with E-state index >= 15 is 0 Å². The van der Waals surface area contributed by atoms with E-state index in [0.29, 0.717) is 48.5 Å². The van der Waals surface area contributed by atoms with Gasteiger partial charge in [-0.1, -0.05) is 29.4 Å². The number of hydrogen-bond acceptors (Lipinski definition) is 4. The van der Waals surface area contributed by atoms with Gasteiger partial charge in [0.25, 0.3) is 0 Å². The minimum atomic E-state index is -0.337. The Hall–Kier alpha value is -1.70. The number of hydrogen-bond donors (Lipinski definition) is 2. The predicted molar refractivity (Wildman–Crippen MR) is 95.1 cm³/mol. The van der Waals surface area contributed by atoms with E-state index in [2.05, 4.69) is 10.6 Å². The lowest BCUT2D eigenvalue weighted by molar-refractivity contribution is -0.134. The first kappa shape index (κ1) is 17.1. The number of ether oxygens (including phenoxy) is 1. The number of nitrogens with zero attached hydrogens (tertiary/aromatic N) is 1. The van der Waals surface area contributed by atoms with Gasteiger partial charge in [0.2, 0.25) is 5.91 Å². The number of allylic oxidation sites excluding steroid dienone is 1. The van der Waals surface area contributed by atoms with Gasteiger partial charge in [0, 0.05) is 23.8 Å². The minimum Gasteiger partial charge on any atom is -0.378 e. The van der Waals surface area contributed by atoms with E-state index in [1.54, 1.807) is 24.3 Å². The van der Waals surface area contributed by atoms with Gasteiger partial charge in [0.1, 0.15) is 0 Å². The molecule has 1 saturated heterocycles. The highest BCUT2D eigenvalue weighted by atomic mass is 35.5. The van der Waals surface area contributed by atoms with Gasteiger partial charge in [0.15, 0.2) is 0 Å². The summed E-state index contributed by atoms with van der Waals surface area (Å²) in [6.45, 7) is 2.45. The van der Waals surface area contributed by atoms with Crippen LogP contribution in [0.25, 0.3) is 0 Å². The summed E-state index contributed by atoms with van der Waals surface area (Å²) in [5, 5.41) is 6.64. The summed E-state index contributed by atoms with van der Waals surface area (Å²) in [6, 6.07) is 6.52. The molecule has 0 radical (unpaired) electrons. The Morgan fingerprint density at radius 3 is 2.58 bits per heavy atom. The van der Waals surface area contributed by atoms with Crippen molar-refractivity contribution in [1.82, 2.24) is 10.2 Å². The maximum Gasteiger partial charge on any atom is 0.324 e. The molecule has 1 atom stereocenters. The molecule has 1 aromatic rings. The van der Waals surface area contributed by atoms with E-state index in [1.165, 1.54) is 11.8 Å². The third-order valence-corrected chi connectivity index (χ3v) is 5.18. The molecule has 0 aromatic heterocycles. The summed E-state index contributed by atoms with van der Waals surface area (Å²) in [5.74, 6) is 0.106. The van der Waals surface area contributed by atoms with Gasteiger partial charge >= 0.3 is 6.03 Å². The molecule has 1 aromatic carbocycles. The van der Waals surface area contributed by atoms with E-state index in [4.69, 9.17) is 16.3 Å². The van der Waals surface area contributed by atoms with Crippen LogP contribution in [0.15, 0.2) is 35.4 Å². The van der Waals surface area contributed by atoms with E-state index in [1.807, 2.05) is 11.0 Å². The molecule has 128 valence electrons. The zero-order valence-corrected chi connectivity index (χ0v) is 14.5. The van der Waals surface area contributed by atoms with E-state index in [0.717, 1.165) is 0 Å². The largest absolute Gasteiger partial charge is 0.378 e. The monoisotopic (exact) mass is 367 g/mol. The molecule has 2 aliphatic heterocycles. The number of nitrogens with one attached hydrogen (secondary N) is 2. The van der Waals surface area contributed by atoms with Crippen molar-refractivity contribution in [2.24, 2.45) is 0 Å². The lowest BCUT2D eigenvalue weighted by Gasteiger charge is -2.28. The van der Waals surface area contributed by atoms with Crippen molar-refractivity contribution in [3.63, 3.8) is 0 Å². The van der Waals surface area contributed by atoms with Crippen LogP contribution in [0.4, 0.5) is 10.5 Å². The summed E-state index contributed by atoms with van der Waals surface area (Å²) >= 11 is 7.20. The fourth-order valence-electron chi connectivity index (χ4n) is 2.49. The van der Waals surface area contributed by atoms with Crippen LogP contribution in [-0.4, -0.2) is 48.4 Å². The first-order valence-electron chi connectivity index (χ1n) is 7.69. The van der Waals surface area contributed by atoms with Crippen molar-refractivity contribution in [2.75, 3.05) is 31.6 Å². The second kappa shape index (κ2) is 7.92. The van der Waals surface area contributed by atoms with E-state index in [-0.39, 0.29) is 17.2 Å². The Morgan fingerprint density at radius 1 is 1.17 bits per heavy atom. The van der Waals surface area contributed by atoms with Gasteiger partial charge in [-0.15, -0.1) is 0 Å². The van der Waals surface area contributed by atoms with Crippen LogP contribution in [0.5, 0.6) is 0 Å². The number of carbonyl (C=O) groups excluding carboxylic acids is 2. The second-order valence-corrected chi connectivity index (χ2v) is 7.12. The van der Waals surface area contributed by atoms with Crippen molar-refractivity contribution in [2.45, 2.75) is 11.7 Å². The summed E-state index contributed by atoms with van der Waals surface area (Å²) in [4.78, 5) is 26.3. The van der Waals surface area contributed by atoms with Crippen LogP contribution in [0.2, 0.25) is 5.02 Å². The molecular formula is C16H18ClN3O3S. The third kappa shape index (κ3) is 4.43. The zero-order chi connectivity index (χ0) is 16.9. The molecule has 1 unspecified atom stereocenters.